The SMILES string of the molecule is CNc1cc(Oc2ccnc(-c3ccc4c(c3)CN([C@H]3CCNC[C@H]3F)C4=O)c2)ccc1C=N. The van der Waals surface area contributed by atoms with Gasteiger partial charge in [0.25, 0.3) is 5.91 Å². The molecule has 0 unspecified atom stereocenters. The van der Waals surface area contributed by atoms with Gasteiger partial charge in [-0.05, 0) is 48.9 Å². The molecule has 34 heavy (non-hydrogen) atoms. The second-order valence-corrected chi connectivity index (χ2v) is 8.50. The third-order valence-corrected chi connectivity index (χ3v) is 6.42. The minimum atomic E-state index is -1.06. The number of halogens is 1. The summed E-state index contributed by atoms with van der Waals surface area (Å²) in [6.07, 6.45) is 2.53. The van der Waals surface area contributed by atoms with Crippen molar-refractivity contribution >= 4 is 17.8 Å². The highest BCUT2D eigenvalue weighted by atomic mass is 19.1. The van der Waals surface area contributed by atoms with Crippen molar-refractivity contribution in [2.24, 2.45) is 0 Å². The third-order valence-electron chi connectivity index (χ3n) is 6.42. The average Bonchev–Trinajstić information content (AvgIpc) is 3.20. The summed E-state index contributed by atoms with van der Waals surface area (Å²) in [5.74, 6) is 1.17. The van der Waals surface area contributed by atoms with Gasteiger partial charge in [0.05, 0.1) is 11.7 Å². The van der Waals surface area contributed by atoms with E-state index in [1.54, 1.807) is 24.2 Å². The molecule has 2 aromatic carbocycles. The molecule has 3 N–H and O–H groups in total. The molecule has 8 heteroatoms. The number of amides is 1. The van der Waals surface area contributed by atoms with Crippen molar-refractivity contribution in [2.75, 3.05) is 25.5 Å². The molecular weight excluding hydrogens is 433 g/mol. The first kappa shape index (κ1) is 22.0. The van der Waals surface area contributed by atoms with Crippen molar-refractivity contribution in [1.29, 1.82) is 5.41 Å². The fourth-order valence-electron chi connectivity index (χ4n) is 4.64. The van der Waals surface area contributed by atoms with E-state index in [-0.39, 0.29) is 18.5 Å². The molecule has 0 radical (unpaired) electrons. The van der Waals surface area contributed by atoms with Crippen LogP contribution in [0.4, 0.5) is 10.1 Å². The molecule has 3 aromatic rings. The topological polar surface area (TPSA) is 90.3 Å². The lowest BCUT2D eigenvalue weighted by atomic mass is 10.0. The summed E-state index contributed by atoms with van der Waals surface area (Å²) < 4.78 is 20.5. The van der Waals surface area contributed by atoms with Gasteiger partial charge >= 0.3 is 0 Å². The predicted molar refractivity (Wildman–Crippen MR) is 130 cm³/mol. The lowest BCUT2D eigenvalue weighted by Crippen LogP contribution is -2.51. The number of carbonyl (C=O) groups is 1. The maximum Gasteiger partial charge on any atom is 0.254 e. The Hall–Kier alpha value is -3.78. The fourth-order valence-corrected chi connectivity index (χ4v) is 4.64. The third kappa shape index (κ3) is 4.12. The zero-order chi connectivity index (χ0) is 23.7. The van der Waals surface area contributed by atoms with Crippen LogP contribution in [0.15, 0.2) is 54.7 Å². The van der Waals surface area contributed by atoms with Crippen LogP contribution in [0.1, 0.15) is 27.9 Å². The number of hydrogen-bond donors (Lipinski definition) is 3. The van der Waals surface area contributed by atoms with Crippen LogP contribution in [-0.2, 0) is 6.54 Å². The molecule has 0 spiro atoms. The quantitative estimate of drug-likeness (QED) is 0.480. The van der Waals surface area contributed by atoms with Gasteiger partial charge in [-0.15, -0.1) is 0 Å². The summed E-state index contributed by atoms with van der Waals surface area (Å²) in [6.45, 7) is 1.41. The van der Waals surface area contributed by atoms with Gasteiger partial charge in [0.1, 0.15) is 17.7 Å². The molecule has 7 nitrogen and oxygen atoms in total. The molecule has 0 aliphatic carbocycles. The number of nitrogens with zero attached hydrogens (tertiary/aromatic N) is 2. The largest absolute Gasteiger partial charge is 0.457 e. The van der Waals surface area contributed by atoms with Gasteiger partial charge in [-0.25, -0.2) is 4.39 Å². The Morgan fingerprint density at radius 2 is 2.06 bits per heavy atom. The first-order valence-electron chi connectivity index (χ1n) is 11.3. The van der Waals surface area contributed by atoms with Crippen molar-refractivity contribution < 1.29 is 13.9 Å². The predicted octanol–water partition coefficient (Wildman–Crippen LogP) is 4.24. The summed E-state index contributed by atoms with van der Waals surface area (Å²) in [4.78, 5) is 19.1. The minimum Gasteiger partial charge on any atom is -0.457 e. The van der Waals surface area contributed by atoms with E-state index in [1.165, 1.54) is 6.21 Å². The maximum absolute atomic E-state index is 14.5. The summed E-state index contributed by atoms with van der Waals surface area (Å²) in [5.41, 5.74) is 4.70. The van der Waals surface area contributed by atoms with Crippen molar-refractivity contribution in [3.63, 3.8) is 0 Å². The molecule has 0 bridgehead atoms. The molecule has 1 saturated heterocycles. The summed E-state index contributed by atoms with van der Waals surface area (Å²) in [5, 5.41) is 13.6. The van der Waals surface area contributed by atoms with E-state index >= 15 is 0 Å². The fraction of sp³-hybridized carbons (Fsp3) is 0.269. The molecule has 2 aliphatic heterocycles. The number of carbonyl (C=O) groups excluding carboxylic acids is 1. The molecule has 1 amide bonds. The molecule has 2 atom stereocenters. The highest BCUT2D eigenvalue weighted by Crippen LogP contribution is 2.33. The van der Waals surface area contributed by atoms with E-state index in [0.29, 0.717) is 36.6 Å². The van der Waals surface area contributed by atoms with E-state index < -0.39 is 6.17 Å². The second kappa shape index (κ2) is 9.23. The molecule has 1 fully saturated rings. The van der Waals surface area contributed by atoms with Gasteiger partial charge in [0.15, 0.2) is 0 Å². The van der Waals surface area contributed by atoms with Crippen LogP contribution >= 0.6 is 0 Å². The van der Waals surface area contributed by atoms with Gasteiger partial charge in [-0.1, -0.05) is 6.07 Å². The van der Waals surface area contributed by atoms with Gasteiger partial charge in [-0.3, -0.25) is 9.78 Å². The van der Waals surface area contributed by atoms with Crippen molar-refractivity contribution in [3.8, 4) is 22.8 Å². The summed E-state index contributed by atoms with van der Waals surface area (Å²) in [6, 6.07) is 14.4. The van der Waals surface area contributed by atoms with Crippen LogP contribution in [0.5, 0.6) is 11.5 Å². The average molecular weight is 460 g/mol. The molecule has 5 rings (SSSR count). The molecule has 0 saturated carbocycles. The Balaban J connectivity index is 1.37. The van der Waals surface area contributed by atoms with Crippen LogP contribution in [0, 0.1) is 5.41 Å². The number of benzene rings is 2. The van der Waals surface area contributed by atoms with Crippen LogP contribution in [0.3, 0.4) is 0 Å². The zero-order valence-electron chi connectivity index (χ0n) is 18.8. The molecule has 1 aromatic heterocycles. The van der Waals surface area contributed by atoms with Gasteiger partial charge in [-0.2, -0.15) is 0 Å². The molecular formula is C26H26FN5O2. The maximum atomic E-state index is 14.5. The standard InChI is InChI=1S/C26H26FN5O2/c1-29-23-11-19(4-2-17(23)13-28)34-20-6-9-31-24(12-20)16-3-5-21-18(10-16)15-32(26(21)33)25-7-8-30-14-22(25)27/h2-6,9-13,22,25,28-30H,7-8,14-15H2,1H3/t22-,25+/m1/s1. The van der Waals surface area contributed by atoms with E-state index in [0.717, 1.165) is 28.1 Å². The van der Waals surface area contributed by atoms with Crippen molar-refractivity contribution in [3.05, 3.63) is 71.4 Å². The molecule has 3 heterocycles. The van der Waals surface area contributed by atoms with E-state index in [2.05, 4.69) is 15.6 Å². The smallest absolute Gasteiger partial charge is 0.254 e. The van der Waals surface area contributed by atoms with Gasteiger partial charge in [0.2, 0.25) is 0 Å². The van der Waals surface area contributed by atoms with Crippen LogP contribution in [0.25, 0.3) is 11.3 Å². The van der Waals surface area contributed by atoms with E-state index in [9.17, 15) is 9.18 Å². The number of hydrogen-bond acceptors (Lipinski definition) is 6. The van der Waals surface area contributed by atoms with Gasteiger partial charge in [0, 0.05) is 67.1 Å². The number of aromatic nitrogens is 1. The number of pyridine rings is 1. The monoisotopic (exact) mass is 459 g/mol. The highest BCUT2D eigenvalue weighted by Gasteiger charge is 2.38. The Morgan fingerprint density at radius 1 is 1.21 bits per heavy atom. The van der Waals surface area contributed by atoms with E-state index in [1.807, 2.05) is 42.5 Å². The van der Waals surface area contributed by atoms with Crippen molar-refractivity contribution in [1.82, 2.24) is 15.2 Å². The number of rotatable bonds is 6. The zero-order valence-corrected chi connectivity index (χ0v) is 18.8. The summed E-state index contributed by atoms with van der Waals surface area (Å²) >= 11 is 0. The van der Waals surface area contributed by atoms with Gasteiger partial charge < -0.3 is 25.7 Å². The van der Waals surface area contributed by atoms with Crippen LogP contribution in [0.2, 0.25) is 0 Å². The first-order valence-corrected chi connectivity index (χ1v) is 11.3. The Kier molecular flexibility index (Phi) is 5.98. The van der Waals surface area contributed by atoms with Crippen LogP contribution < -0.4 is 15.4 Å². The normalized spacial score (nSPS) is 19.6. The van der Waals surface area contributed by atoms with Crippen LogP contribution in [-0.4, -0.2) is 54.4 Å². The lowest BCUT2D eigenvalue weighted by molar-refractivity contribution is 0.0514. The minimum absolute atomic E-state index is 0.102. The number of piperidine rings is 1. The Bertz CT molecular complexity index is 1250. The number of ether oxygens (including phenoxy) is 1. The number of fused-ring (bicyclic) bond motifs is 1. The lowest BCUT2D eigenvalue weighted by Gasteiger charge is -2.34. The molecule has 174 valence electrons. The van der Waals surface area contributed by atoms with Crippen molar-refractivity contribution in [2.45, 2.75) is 25.2 Å². The first-order chi connectivity index (χ1) is 16.6. The number of alkyl halides is 1. The number of nitrogens with one attached hydrogen (secondary N) is 3. The second-order valence-electron chi connectivity index (χ2n) is 8.50. The highest BCUT2D eigenvalue weighted by molar-refractivity contribution is 5.99. The summed E-state index contributed by atoms with van der Waals surface area (Å²) in [7, 11) is 1.80. The number of anilines is 1. The molecule has 2 aliphatic rings. The Labute approximate surface area is 197 Å². The Morgan fingerprint density at radius 3 is 2.85 bits per heavy atom. The van der Waals surface area contributed by atoms with E-state index in [4.69, 9.17) is 10.1 Å².